The van der Waals surface area contributed by atoms with Crippen molar-refractivity contribution in [3.05, 3.63) is 17.6 Å². The predicted octanol–water partition coefficient (Wildman–Crippen LogP) is 2.71. The first-order valence-electron chi connectivity index (χ1n) is 7.89. The van der Waals surface area contributed by atoms with E-state index in [2.05, 4.69) is 14.9 Å². The summed E-state index contributed by atoms with van der Waals surface area (Å²) in [6, 6.07) is -0.147. The second-order valence-electron chi connectivity index (χ2n) is 6.35. The Bertz CT molecular complexity index is 546. The summed E-state index contributed by atoms with van der Waals surface area (Å²) in [6.07, 6.45) is 8.22. The zero-order valence-corrected chi connectivity index (χ0v) is 12.7. The van der Waals surface area contributed by atoms with E-state index in [1.54, 1.807) is 6.20 Å². The van der Waals surface area contributed by atoms with Crippen molar-refractivity contribution in [1.82, 2.24) is 9.97 Å². The van der Waals surface area contributed by atoms with Gasteiger partial charge in [0.25, 0.3) is 0 Å². The van der Waals surface area contributed by atoms with Crippen molar-refractivity contribution < 1.29 is 9.90 Å². The first kappa shape index (κ1) is 14.3. The number of aliphatic carboxylic acids is 1. The smallest absolute Gasteiger partial charge is 0.326 e. The molecule has 3 rings (SSSR count). The van der Waals surface area contributed by atoms with Crippen molar-refractivity contribution in [2.75, 3.05) is 4.90 Å². The molecular weight excluding hydrogens is 266 g/mol. The van der Waals surface area contributed by atoms with E-state index in [-0.39, 0.29) is 0 Å². The van der Waals surface area contributed by atoms with Crippen LogP contribution in [-0.2, 0) is 4.79 Å². The Kier molecular flexibility index (Phi) is 3.83. The number of carboxylic acids is 1. The van der Waals surface area contributed by atoms with Gasteiger partial charge in [0.1, 0.15) is 11.9 Å². The average Bonchev–Trinajstić information content (AvgIpc) is 2.49. The van der Waals surface area contributed by atoms with Crippen LogP contribution in [0, 0.1) is 19.8 Å². The van der Waals surface area contributed by atoms with E-state index in [4.69, 9.17) is 0 Å². The van der Waals surface area contributed by atoms with Gasteiger partial charge < -0.3 is 10.0 Å². The van der Waals surface area contributed by atoms with E-state index in [1.165, 1.54) is 19.3 Å². The van der Waals surface area contributed by atoms with Gasteiger partial charge in [0.2, 0.25) is 0 Å². The Hall–Kier alpha value is -1.65. The first-order chi connectivity index (χ1) is 10.1. The van der Waals surface area contributed by atoms with E-state index < -0.39 is 12.0 Å². The van der Waals surface area contributed by atoms with Gasteiger partial charge in [-0.15, -0.1) is 0 Å². The van der Waals surface area contributed by atoms with Gasteiger partial charge in [0.05, 0.1) is 17.6 Å². The van der Waals surface area contributed by atoms with Crippen LogP contribution in [0.5, 0.6) is 0 Å². The van der Waals surface area contributed by atoms with Crippen LogP contribution in [0.2, 0.25) is 0 Å². The lowest BCUT2D eigenvalue weighted by Crippen LogP contribution is -2.55. The standard InChI is InChI=1S/C16H23N3O2/c1-10-11(2)18-15(9-17-10)19-13-6-4-3-5-12(13)7-8-14(19)16(20)21/h9,12-14H,3-8H2,1-2H3,(H,20,21). The minimum atomic E-state index is -0.737. The molecule has 1 aromatic rings. The van der Waals surface area contributed by atoms with E-state index >= 15 is 0 Å². The molecule has 0 spiro atoms. The van der Waals surface area contributed by atoms with Gasteiger partial charge in [-0.2, -0.15) is 0 Å². The number of anilines is 1. The Morgan fingerprint density at radius 2 is 1.95 bits per heavy atom. The van der Waals surface area contributed by atoms with Crippen molar-refractivity contribution in [2.45, 2.75) is 64.5 Å². The monoisotopic (exact) mass is 289 g/mol. The molecule has 0 radical (unpaired) electrons. The van der Waals surface area contributed by atoms with Crippen LogP contribution in [-0.4, -0.2) is 33.1 Å². The number of rotatable bonds is 2. The van der Waals surface area contributed by atoms with Gasteiger partial charge in [-0.05, 0) is 45.4 Å². The van der Waals surface area contributed by atoms with Crippen molar-refractivity contribution in [3.63, 3.8) is 0 Å². The average molecular weight is 289 g/mol. The quantitative estimate of drug-likeness (QED) is 0.906. The topological polar surface area (TPSA) is 66.3 Å². The third-order valence-electron chi connectivity index (χ3n) is 5.10. The van der Waals surface area contributed by atoms with Crippen LogP contribution in [0.1, 0.15) is 49.9 Å². The number of nitrogens with zero attached hydrogens (tertiary/aromatic N) is 3. The van der Waals surface area contributed by atoms with Crippen LogP contribution in [0.3, 0.4) is 0 Å². The van der Waals surface area contributed by atoms with Crippen LogP contribution in [0.15, 0.2) is 6.20 Å². The number of piperidine rings is 1. The lowest BCUT2D eigenvalue weighted by Gasteiger charge is -2.47. The van der Waals surface area contributed by atoms with Crippen molar-refractivity contribution in [2.24, 2.45) is 5.92 Å². The van der Waals surface area contributed by atoms with Gasteiger partial charge >= 0.3 is 5.97 Å². The van der Waals surface area contributed by atoms with E-state index in [1.807, 2.05) is 13.8 Å². The minimum absolute atomic E-state index is 0.310. The SMILES string of the molecule is Cc1ncc(N2C(C(=O)O)CCC3CCCCC32)nc1C. The molecule has 1 N–H and O–H groups in total. The van der Waals surface area contributed by atoms with Crippen LogP contribution in [0.25, 0.3) is 0 Å². The summed E-state index contributed by atoms with van der Waals surface area (Å²) in [5, 5.41) is 9.59. The molecule has 2 aliphatic rings. The normalized spacial score (nSPS) is 29.0. The largest absolute Gasteiger partial charge is 0.480 e. The van der Waals surface area contributed by atoms with Crippen molar-refractivity contribution in [3.8, 4) is 0 Å². The van der Waals surface area contributed by atoms with E-state index in [0.717, 1.165) is 30.0 Å². The third kappa shape index (κ3) is 2.61. The molecule has 1 saturated carbocycles. The molecule has 5 nitrogen and oxygen atoms in total. The maximum absolute atomic E-state index is 11.7. The number of carbonyl (C=O) groups is 1. The first-order valence-corrected chi connectivity index (χ1v) is 7.89. The summed E-state index contributed by atoms with van der Waals surface area (Å²) >= 11 is 0. The van der Waals surface area contributed by atoms with Gasteiger partial charge in [0.15, 0.2) is 0 Å². The summed E-state index contributed by atoms with van der Waals surface area (Å²) in [4.78, 5) is 22.7. The number of aromatic nitrogens is 2. The molecule has 0 bridgehead atoms. The van der Waals surface area contributed by atoms with Crippen LogP contribution < -0.4 is 4.90 Å². The van der Waals surface area contributed by atoms with E-state index in [9.17, 15) is 9.90 Å². The van der Waals surface area contributed by atoms with Gasteiger partial charge in [-0.3, -0.25) is 4.98 Å². The fourth-order valence-electron chi connectivity index (χ4n) is 3.86. The number of fused-ring (bicyclic) bond motifs is 1. The molecule has 114 valence electrons. The summed E-state index contributed by atoms with van der Waals surface area (Å²) in [7, 11) is 0. The Labute approximate surface area is 125 Å². The number of hydrogen-bond acceptors (Lipinski definition) is 4. The molecule has 1 aromatic heterocycles. The Morgan fingerprint density at radius 1 is 1.19 bits per heavy atom. The second-order valence-corrected chi connectivity index (χ2v) is 6.35. The molecule has 2 fully saturated rings. The number of aryl methyl sites for hydroxylation is 2. The van der Waals surface area contributed by atoms with Gasteiger partial charge in [-0.25, -0.2) is 9.78 Å². The molecule has 2 heterocycles. The molecule has 5 heteroatoms. The van der Waals surface area contributed by atoms with Crippen molar-refractivity contribution in [1.29, 1.82) is 0 Å². The van der Waals surface area contributed by atoms with Gasteiger partial charge in [0, 0.05) is 6.04 Å². The molecule has 0 aromatic carbocycles. The number of hydrogen-bond donors (Lipinski definition) is 1. The van der Waals surface area contributed by atoms with Crippen molar-refractivity contribution >= 4 is 11.8 Å². The molecule has 3 unspecified atom stereocenters. The summed E-state index contributed by atoms with van der Waals surface area (Å²) < 4.78 is 0. The Morgan fingerprint density at radius 3 is 2.67 bits per heavy atom. The summed E-state index contributed by atoms with van der Waals surface area (Å²) in [5.74, 6) is 0.610. The summed E-state index contributed by atoms with van der Waals surface area (Å²) in [6.45, 7) is 3.87. The Balaban J connectivity index is 1.98. The zero-order chi connectivity index (χ0) is 15.0. The minimum Gasteiger partial charge on any atom is -0.480 e. The number of carboxylic acid groups (broad SMARTS) is 1. The maximum Gasteiger partial charge on any atom is 0.326 e. The maximum atomic E-state index is 11.7. The highest BCUT2D eigenvalue weighted by Crippen LogP contribution is 2.39. The van der Waals surface area contributed by atoms with E-state index in [0.29, 0.717) is 18.4 Å². The highest BCUT2D eigenvalue weighted by Gasteiger charge is 2.42. The van der Waals surface area contributed by atoms with Crippen LogP contribution >= 0.6 is 0 Å². The highest BCUT2D eigenvalue weighted by molar-refractivity contribution is 5.78. The predicted molar refractivity (Wildman–Crippen MR) is 80.4 cm³/mol. The molecule has 1 aliphatic heterocycles. The fraction of sp³-hybridized carbons (Fsp3) is 0.688. The molecule has 1 aliphatic carbocycles. The lowest BCUT2D eigenvalue weighted by atomic mass is 9.76. The molecule has 0 amide bonds. The van der Waals surface area contributed by atoms with Crippen LogP contribution in [0.4, 0.5) is 5.82 Å². The third-order valence-corrected chi connectivity index (χ3v) is 5.10. The lowest BCUT2D eigenvalue weighted by molar-refractivity contribution is -0.139. The zero-order valence-electron chi connectivity index (χ0n) is 12.7. The summed E-state index contributed by atoms with van der Waals surface area (Å²) in [5.41, 5.74) is 1.79. The second kappa shape index (κ2) is 5.62. The van der Waals surface area contributed by atoms with Gasteiger partial charge in [-0.1, -0.05) is 12.8 Å². The molecule has 1 saturated heterocycles. The molecule has 21 heavy (non-hydrogen) atoms. The fourth-order valence-corrected chi connectivity index (χ4v) is 3.86. The molecule has 3 atom stereocenters. The molecular formula is C16H23N3O2. The highest BCUT2D eigenvalue weighted by atomic mass is 16.4.